The number of benzene rings is 2. The Kier molecular flexibility index (Phi) is 7.59. The van der Waals surface area contributed by atoms with Crippen LogP contribution in [0.5, 0.6) is 11.5 Å². The lowest BCUT2D eigenvalue weighted by atomic mass is 10.1. The summed E-state index contributed by atoms with van der Waals surface area (Å²) in [5.41, 5.74) is 7.63. The number of rotatable bonds is 6. The molecule has 0 aromatic heterocycles. The van der Waals surface area contributed by atoms with Gasteiger partial charge in [0.2, 0.25) is 5.91 Å². The number of ether oxygens (including phenoxy) is 1. The molecule has 2 aromatic rings. The van der Waals surface area contributed by atoms with E-state index in [1.807, 2.05) is 56.3 Å². The highest BCUT2D eigenvalue weighted by Crippen LogP contribution is 2.29. The first-order valence-corrected chi connectivity index (χ1v) is 7.50. The Labute approximate surface area is 143 Å². The third-order valence-electron chi connectivity index (χ3n) is 3.33. The molecule has 0 bridgehead atoms. The van der Waals surface area contributed by atoms with E-state index in [1.54, 1.807) is 6.07 Å². The van der Waals surface area contributed by atoms with Gasteiger partial charge in [0.1, 0.15) is 5.75 Å². The minimum absolute atomic E-state index is 0. The molecule has 0 saturated heterocycles. The molecule has 23 heavy (non-hydrogen) atoms. The minimum Gasteiger partial charge on any atom is -0.455 e. The van der Waals surface area contributed by atoms with Crippen LogP contribution in [0.4, 0.5) is 5.69 Å². The lowest BCUT2D eigenvalue weighted by molar-refractivity contribution is -0.117. The molecular weight excluding hydrogens is 312 g/mol. The number of carbonyl (C=O) groups excluding carboxylic acids is 1. The van der Waals surface area contributed by atoms with Crippen LogP contribution >= 0.6 is 12.4 Å². The van der Waals surface area contributed by atoms with Gasteiger partial charge in [0, 0.05) is 0 Å². The molecule has 2 rings (SSSR count). The number of aryl methyl sites for hydroxylation is 1. The van der Waals surface area contributed by atoms with Crippen LogP contribution in [0, 0.1) is 6.92 Å². The van der Waals surface area contributed by atoms with Crippen molar-refractivity contribution in [3.05, 3.63) is 54.1 Å². The largest absolute Gasteiger partial charge is 0.455 e. The zero-order valence-electron chi connectivity index (χ0n) is 13.4. The number of halogens is 1. The smallest absolute Gasteiger partial charge is 0.241 e. The molecule has 0 saturated carbocycles. The average molecular weight is 335 g/mol. The molecule has 3 N–H and O–H groups in total. The number of carbonyl (C=O) groups is 1. The average Bonchev–Trinajstić information content (AvgIpc) is 2.51. The van der Waals surface area contributed by atoms with E-state index in [1.165, 1.54) is 5.56 Å². The Morgan fingerprint density at radius 1 is 1.17 bits per heavy atom. The van der Waals surface area contributed by atoms with Crippen molar-refractivity contribution in [3.63, 3.8) is 0 Å². The number of hydrogen-bond acceptors (Lipinski definition) is 3. The van der Waals surface area contributed by atoms with Gasteiger partial charge >= 0.3 is 0 Å². The molecule has 0 aliphatic heterocycles. The molecule has 0 aliphatic rings. The van der Waals surface area contributed by atoms with Crippen molar-refractivity contribution in [2.24, 2.45) is 5.73 Å². The summed E-state index contributed by atoms with van der Waals surface area (Å²) in [7, 11) is 0. The van der Waals surface area contributed by atoms with E-state index in [4.69, 9.17) is 10.5 Å². The summed E-state index contributed by atoms with van der Waals surface area (Å²) in [6.45, 7) is 4.02. The first kappa shape index (κ1) is 19.0. The lowest BCUT2D eigenvalue weighted by Gasteiger charge is -2.15. The summed E-state index contributed by atoms with van der Waals surface area (Å²) in [6, 6.07) is 14.6. The number of nitrogens with one attached hydrogen (secondary N) is 1. The van der Waals surface area contributed by atoms with E-state index in [2.05, 4.69) is 5.32 Å². The van der Waals surface area contributed by atoms with Gasteiger partial charge in [-0.2, -0.15) is 0 Å². The molecule has 124 valence electrons. The number of anilines is 1. The van der Waals surface area contributed by atoms with Crippen molar-refractivity contribution in [1.82, 2.24) is 0 Å². The summed E-state index contributed by atoms with van der Waals surface area (Å²) >= 11 is 0. The number of hydrogen-bond donors (Lipinski definition) is 2. The minimum atomic E-state index is -0.502. The molecule has 4 nitrogen and oxygen atoms in total. The SMILES string of the molecule is CCCC(N)C(=O)Nc1ccccc1Oc1ccc(C)cc1.Cl. The molecule has 0 radical (unpaired) electrons. The van der Waals surface area contributed by atoms with Crippen LogP contribution in [0.25, 0.3) is 0 Å². The lowest BCUT2D eigenvalue weighted by Crippen LogP contribution is -2.35. The van der Waals surface area contributed by atoms with Gasteiger partial charge in [-0.25, -0.2) is 0 Å². The van der Waals surface area contributed by atoms with Gasteiger partial charge in [0.25, 0.3) is 0 Å². The van der Waals surface area contributed by atoms with E-state index >= 15 is 0 Å². The van der Waals surface area contributed by atoms with E-state index in [-0.39, 0.29) is 18.3 Å². The first-order chi connectivity index (χ1) is 10.6. The zero-order chi connectivity index (χ0) is 15.9. The van der Waals surface area contributed by atoms with Crippen LogP contribution in [0.3, 0.4) is 0 Å². The number of nitrogens with two attached hydrogens (primary N) is 1. The standard InChI is InChI=1S/C18H22N2O2.ClH/c1-3-6-15(19)18(21)20-16-7-4-5-8-17(16)22-14-11-9-13(2)10-12-14;/h4-5,7-12,15H,3,6,19H2,1-2H3,(H,20,21);1H. The molecule has 0 spiro atoms. The molecule has 1 amide bonds. The van der Waals surface area contributed by atoms with Crippen molar-refractivity contribution < 1.29 is 9.53 Å². The summed E-state index contributed by atoms with van der Waals surface area (Å²) in [6.07, 6.45) is 1.53. The highest BCUT2D eigenvalue weighted by molar-refractivity contribution is 5.95. The Morgan fingerprint density at radius 2 is 1.83 bits per heavy atom. The molecule has 0 heterocycles. The maximum absolute atomic E-state index is 12.1. The van der Waals surface area contributed by atoms with E-state index in [9.17, 15) is 4.79 Å². The number of para-hydroxylation sites is 2. The van der Waals surface area contributed by atoms with Gasteiger partial charge in [0.15, 0.2) is 5.75 Å². The third kappa shape index (κ3) is 5.58. The fourth-order valence-electron chi connectivity index (χ4n) is 2.06. The van der Waals surface area contributed by atoms with Crippen molar-refractivity contribution in [1.29, 1.82) is 0 Å². The molecule has 5 heteroatoms. The van der Waals surface area contributed by atoms with Crippen molar-refractivity contribution in [3.8, 4) is 11.5 Å². The topological polar surface area (TPSA) is 64.4 Å². The van der Waals surface area contributed by atoms with Gasteiger partial charge in [-0.3, -0.25) is 4.79 Å². The second-order valence-corrected chi connectivity index (χ2v) is 5.30. The Bertz CT molecular complexity index is 629. The van der Waals surface area contributed by atoms with E-state index < -0.39 is 6.04 Å². The molecular formula is C18H23ClN2O2. The van der Waals surface area contributed by atoms with Crippen LogP contribution in [0.2, 0.25) is 0 Å². The summed E-state index contributed by atoms with van der Waals surface area (Å²) < 4.78 is 5.85. The van der Waals surface area contributed by atoms with Crippen LogP contribution in [-0.2, 0) is 4.79 Å². The molecule has 1 atom stereocenters. The van der Waals surface area contributed by atoms with Crippen LogP contribution in [0.15, 0.2) is 48.5 Å². The quantitative estimate of drug-likeness (QED) is 0.828. The molecule has 1 unspecified atom stereocenters. The predicted molar refractivity (Wildman–Crippen MR) is 96.5 cm³/mol. The second-order valence-electron chi connectivity index (χ2n) is 5.30. The highest BCUT2D eigenvalue weighted by atomic mass is 35.5. The summed E-state index contributed by atoms with van der Waals surface area (Å²) in [5.74, 6) is 1.13. The normalized spacial score (nSPS) is 11.3. The van der Waals surface area contributed by atoms with Gasteiger partial charge in [-0.1, -0.05) is 43.2 Å². The van der Waals surface area contributed by atoms with Crippen LogP contribution in [0.1, 0.15) is 25.3 Å². The van der Waals surface area contributed by atoms with Gasteiger partial charge in [-0.15, -0.1) is 12.4 Å². The van der Waals surface area contributed by atoms with Crippen LogP contribution in [-0.4, -0.2) is 11.9 Å². The molecule has 0 aliphatic carbocycles. The fraction of sp³-hybridized carbons (Fsp3) is 0.278. The van der Waals surface area contributed by atoms with Crippen molar-refractivity contribution in [2.45, 2.75) is 32.7 Å². The molecule has 2 aromatic carbocycles. The van der Waals surface area contributed by atoms with Gasteiger partial charge in [-0.05, 0) is 37.6 Å². The Morgan fingerprint density at radius 3 is 2.48 bits per heavy atom. The van der Waals surface area contributed by atoms with Crippen molar-refractivity contribution >= 4 is 24.0 Å². The summed E-state index contributed by atoms with van der Waals surface area (Å²) in [5, 5.41) is 2.84. The second kappa shape index (κ2) is 9.18. The van der Waals surface area contributed by atoms with Gasteiger partial charge in [0.05, 0.1) is 11.7 Å². The fourth-order valence-corrected chi connectivity index (χ4v) is 2.06. The molecule has 0 fully saturated rings. The van der Waals surface area contributed by atoms with Gasteiger partial charge < -0.3 is 15.8 Å². The highest BCUT2D eigenvalue weighted by Gasteiger charge is 2.14. The maximum atomic E-state index is 12.1. The monoisotopic (exact) mass is 334 g/mol. The zero-order valence-corrected chi connectivity index (χ0v) is 14.2. The Balaban J connectivity index is 0.00000264. The van der Waals surface area contributed by atoms with E-state index in [0.29, 0.717) is 17.9 Å². The maximum Gasteiger partial charge on any atom is 0.241 e. The summed E-state index contributed by atoms with van der Waals surface area (Å²) in [4.78, 5) is 12.1. The predicted octanol–water partition coefficient (Wildman–Crippen LogP) is 4.28. The first-order valence-electron chi connectivity index (χ1n) is 7.50. The third-order valence-corrected chi connectivity index (χ3v) is 3.33. The van der Waals surface area contributed by atoms with Crippen LogP contribution < -0.4 is 15.8 Å². The van der Waals surface area contributed by atoms with E-state index in [0.717, 1.165) is 12.2 Å². The Hall–Kier alpha value is -2.04. The number of amides is 1. The van der Waals surface area contributed by atoms with Crippen molar-refractivity contribution in [2.75, 3.05) is 5.32 Å².